The van der Waals surface area contributed by atoms with E-state index in [1.54, 1.807) is 0 Å². The van der Waals surface area contributed by atoms with Crippen LogP contribution in [0.25, 0.3) is 0 Å². The average molecular weight is 359 g/mol. The lowest BCUT2D eigenvalue weighted by atomic mass is 9.77. The Morgan fingerprint density at radius 3 is 2.77 bits per heavy atom. The quantitative estimate of drug-likeness (QED) is 0.784. The molecule has 0 bridgehead atoms. The first-order valence-corrected chi connectivity index (χ1v) is 10.7. The van der Waals surface area contributed by atoms with Gasteiger partial charge in [-0.25, -0.2) is 0 Å². The third kappa shape index (κ3) is 3.98. The van der Waals surface area contributed by atoms with Gasteiger partial charge in [0.05, 0.1) is 5.41 Å². The number of rotatable bonds is 6. The van der Waals surface area contributed by atoms with E-state index in [0.29, 0.717) is 5.91 Å². The third-order valence-corrected chi connectivity index (χ3v) is 6.88. The Morgan fingerprint density at radius 1 is 1.08 bits per heavy atom. The summed E-state index contributed by atoms with van der Waals surface area (Å²) >= 11 is 0. The van der Waals surface area contributed by atoms with Crippen LogP contribution in [0.5, 0.6) is 0 Å². The number of nitrogens with zero attached hydrogens (tertiary/aromatic N) is 4. The number of aryl methyl sites for hydroxylation is 1. The van der Waals surface area contributed by atoms with Crippen molar-refractivity contribution in [3.8, 4) is 0 Å². The van der Waals surface area contributed by atoms with Crippen molar-refractivity contribution in [2.75, 3.05) is 32.7 Å². The summed E-state index contributed by atoms with van der Waals surface area (Å²) in [6.45, 7) is 6.14. The lowest BCUT2D eigenvalue weighted by Gasteiger charge is -2.41. The molecule has 5 nitrogen and oxygen atoms in total. The van der Waals surface area contributed by atoms with E-state index in [9.17, 15) is 4.79 Å². The van der Waals surface area contributed by atoms with E-state index in [-0.39, 0.29) is 5.41 Å². The number of carbonyl (C=O) groups is 1. The fraction of sp³-hybridized carbons (Fsp3) is 0.810. The van der Waals surface area contributed by atoms with Crippen molar-refractivity contribution >= 4 is 5.91 Å². The van der Waals surface area contributed by atoms with Gasteiger partial charge in [0.25, 0.3) is 0 Å². The normalized spacial score (nSPS) is 28.3. The Kier molecular flexibility index (Phi) is 5.63. The molecule has 2 aliphatic heterocycles. The smallest absolute Gasteiger partial charge is 0.230 e. The molecule has 3 fully saturated rings. The number of likely N-dealkylation sites (tertiary alicyclic amines) is 2. The van der Waals surface area contributed by atoms with Gasteiger partial charge < -0.3 is 9.80 Å². The maximum Gasteiger partial charge on any atom is 0.230 e. The first-order valence-electron chi connectivity index (χ1n) is 10.7. The van der Waals surface area contributed by atoms with Crippen molar-refractivity contribution < 1.29 is 4.79 Å². The van der Waals surface area contributed by atoms with Crippen molar-refractivity contribution in [2.45, 2.75) is 64.3 Å². The second kappa shape index (κ2) is 8.12. The lowest BCUT2D eigenvalue weighted by molar-refractivity contribution is -0.146. The lowest BCUT2D eigenvalue weighted by Crippen LogP contribution is -2.51. The van der Waals surface area contributed by atoms with Crippen molar-refractivity contribution in [1.29, 1.82) is 0 Å². The Bertz CT molecular complexity index is 581. The van der Waals surface area contributed by atoms with E-state index in [0.717, 1.165) is 64.4 Å². The molecule has 0 radical (unpaired) electrons. The highest BCUT2D eigenvalue weighted by Crippen LogP contribution is 2.40. The van der Waals surface area contributed by atoms with Gasteiger partial charge in [0.2, 0.25) is 5.91 Å². The number of piperidine rings is 1. The Morgan fingerprint density at radius 2 is 1.96 bits per heavy atom. The summed E-state index contributed by atoms with van der Waals surface area (Å²) < 4.78 is 2.00. The summed E-state index contributed by atoms with van der Waals surface area (Å²) in [6.07, 6.45) is 15.1. The van der Waals surface area contributed by atoms with Crippen molar-refractivity contribution in [3.63, 3.8) is 0 Å². The van der Waals surface area contributed by atoms with Gasteiger partial charge in [0.15, 0.2) is 0 Å². The van der Waals surface area contributed by atoms with Crippen LogP contribution >= 0.6 is 0 Å². The van der Waals surface area contributed by atoms with Crippen molar-refractivity contribution in [2.24, 2.45) is 11.3 Å². The van der Waals surface area contributed by atoms with Gasteiger partial charge in [-0.15, -0.1) is 0 Å². The monoisotopic (exact) mass is 358 g/mol. The zero-order valence-corrected chi connectivity index (χ0v) is 16.1. The van der Waals surface area contributed by atoms with Gasteiger partial charge in [-0.2, -0.15) is 5.10 Å². The first-order chi connectivity index (χ1) is 12.8. The molecular weight excluding hydrogens is 324 g/mol. The molecule has 4 rings (SSSR count). The predicted octanol–water partition coefficient (Wildman–Crippen LogP) is 3.17. The Hall–Kier alpha value is -1.36. The zero-order chi connectivity index (χ0) is 17.8. The highest BCUT2D eigenvalue weighted by molar-refractivity contribution is 5.84. The minimum atomic E-state index is -0.0708. The number of aromatic nitrogens is 2. The van der Waals surface area contributed by atoms with Crippen LogP contribution in [0.3, 0.4) is 0 Å². The third-order valence-electron chi connectivity index (χ3n) is 6.88. The molecule has 3 aliphatic rings. The van der Waals surface area contributed by atoms with Crippen LogP contribution in [0.15, 0.2) is 18.5 Å². The van der Waals surface area contributed by atoms with Crippen LogP contribution in [0, 0.1) is 11.3 Å². The second-order valence-electron chi connectivity index (χ2n) is 8.79. The van der Waals surface area contributed by atoms with Gasteiger partial charge in [-0.05, 0) is 63.6 Å². The highest BCUT2D eigenvalue weighted by Gasteiger charge is 2.48. The van der Waals surface area contributed by atoms with Crippen LogP contribution in [0.4, 0.5) is 0 Å². The minimum absolute atomic E-state index is 0.0708. The number of hydrogen-bond acceptors (Lipinski definition) is 3. The van der Waals surface area contributed by atoms with Crippen LogP contribution in [-0.2, 0) is 11.3 Å². The molecule has 5 heteroatoms. The molecule has 1 amide bonds. The van der Waals surface area contributed by atoms with Crippen LogP contribution in [0.1, 0.15) is 57.8 Å². The number of hydrogen-bond donors (Lipinski definition) is 0. The summed E-state index contributed by atoms with van der Waals surface area (Å²) in [4.78, 5) is 18.1. The molecule has 1 spiro atoms. The summed E-state index contributed by atoms with van der Waals surface area (Å²) in [5.41, 5.74) is -0.0708. The van der Waals surface area contributed by atoms with Crippen LogP contribution < -0.4 is 0 Å². The fourth-order valence-electron chi connectivity index (χ4n) is 5.42. The summed E-state index contributed by atoms with van der Waals surface area (Å²) in [7, 11) is 0. The SMILES string of the molecule is O=C1N(CC2CCCCC2)CCCC12CCN(CCCn1cccn1)C2. The molecule has 2 saturated heterocycles. The maximum atomic E-state index is 13.3. The molecule has 1 aromatic heterocycles. The van der Waals surface area contributed by atoms with Gasteiger partial charge in [0, 0.05) is 38.6 Å². The van der Waals surface area contributed by atoms with E-state index in [1.165, 1.54) is 38.5 Å². The molecule has 3 heterocycles. The number of carbonyl (C=O) groups excluding carboxylic acids is 1. The second-order valence-corrected chi connectivity index (χ2v) is 8.79. The van der Waals surface area contributed by atoms with E-state index in [1.807, 2.05) is 23.1 Å². The summed E-state index contributed by atoms with van der Waals surface area (Å²) in [5.74, 6) is 1.23. The highest BCUT2D eigenvalue weighted by atomic mass is 16.2. The zero-order valence-electron chi connectivity index (χ0n) is 16.1. The van der Waals surface area contributed by atoms with E-state index < -0.39 is 0 Å². The average Bonchev–Trinajstić information content (AvgIpc) is 3.31. The van der Waals surface area contributed by atoms with Crippen molar-refractivity contribution in [1.82, 2.24) is 19.6 Å². The molecule has 1 atom stereocenters. The number of amides is 1. The molecule has 1 aromatic rings. The largest absolute Gasteiger partial charge is 0.342 e. The van der Waals surface area contributed by atoms with E-state index in [4.69, 9.17) is 0 Å². The molecule has 0 aromatic carbocycles. The van der Waals surface area contributed by atoms with Gasteiger partial charge in [0.1, 0.15) is 0 Å². The minimum Gasteiger partial charge on any atom is -0.342 e. The van der Waals surface area contributed by atoms with Crippen LogP contribution in [0.2, 0.25) is 0 Å². The first kappa shape index (κ1) is 18.0. The molecule has 0 N–H and O–H groups in total. The summed E-state index contributed by atoms with van der Waals surface area (Å²) in [6, 6.07) is 1.98. The van der Waals surface area contributed by atoms with Gasteiger partial charge in [-0.1, -0.05) is 19.3 Å². The topological polar surface area (TPSA) is 41.4 Å². The van der Waals surface area contributed by atoms with E-state index in [2.05, 4.69) is 14.9 Å². The Balaban J connectivity index is 1.29. The molecule has 1 aliphatic carbocycles. The molecule has 1 saturated carbocycles. The molecular formula is C21H34N4O. The molecule has 26 heavy (non-hydrogen) atoms. The summed E-state index contributed by atoms with van der Waals surface area (Å²) in [5, 5.41) is 4.28. The van der Waals surface area contributed by atoms with Crippen LogP contribution in [-0.4, -0.2) is 58.2 Å². The standard InChI is InChI=1S/C21H34N4O/c26-20-21(9-4-13-24(20)17-19-7-2-1-3-8-19)10-16-23(18-21)12-6-15-25-14-5-11-22-25/h5,11,14,19H,1-4,6-10,12-13,15-18H2. The molecule has 1 unspecified atom stereocenters. The predicted molar refractivity (Wildman–Crippen MR) is 103 cm³/mol. The fourth-order valence-corrected chi connectivity index (χ4v) is 5.42. The van der Waals surface area contributed by atoms with E-state index >= 15 is 0 Å². The van der Waals surface area contributed by atoms with Gasteiger partial charge >= 0.3 is 0 Å². The Labute approximate surface area is 157 Å². The maximum absolute atomic E-state index is 13.3. The molecule has 144 valence electrons. The van der Waals surface area contributed by atoms with Gasteiger partial charge in [-0.3, -0.25) is 9.48 Å². The van der Waals surface area contributed by atoms with Crippen molar-refractivity contribution in [3.05, 3.63) is 18.5 Å².